The number of carboxylic acid groups (broad SMARTS) is 1. The highest BCUT2D eigenvalue weighted by Gasteiger charge is 2.17. The highest BCUT2D eigenvalue weighted by Crippen LogP contribution is 2.12. The number of hydrogen-bond donors (Lipinski definition) is 2. The van der Waals surface area contributed by atoms with Crippen LogP contribution in [-0.2, 0) is 9.59 Å². The number of carbonyl (C=O) groups excluding carboxylic acids is 1. The number of benzene rings is 1. The molecule has 0 bridgehead atoms. The molecule has 0 spiro atoms. The van der Waals surface area contributed by atoms with Crippen molar-refractivity contribution in [3.8, 4) is 11.8 Å². The highest BCUT2D eigenvalue weighted by molar-refractivity contribution is 7.99. The van der Waals surface area contributed by atoms with Crippen LogP contribution in [0.3, 0.4) is 0 Å². The van der Waals surface area contributed by atoms with Gasteiger partial charge < -0.3 is 15.2 Å². The molecule has 0 aliphatic carbocycles. The second-order valence-electron chi connectivity index (χ2n) is 4.15. The zero-order valence-electron chi connectivity index (χ0n) is 11.5. The number of aliphatic carboxylic acids is 1. The molecular weight excluding hydrogens is 292 g/mol. The van der Waals surface area contributed by atoms with Crippen LogP contribution in [-0.4, -0.2) is 41.1 Å². The van der Waals surface area contributed by atoms with Crippen molar-refractivity contribution in [2.24, 2.45) is 0 Å². The van der Waals surface area contributed by atoms with Gasteiger partial charge in [0.2, 0.25) is 5.91 Å². The summed E-state index contributed by atoms with van der Waals surface area (Å²) in [5.74, 6) is 0.128. The summed E-state index contributed by atoms with van der Waals surface area (Å²) >= 11 is 1.39. The van der Waals surface area contributed by atoms with Crippen LogP contribution < -0.4 is 10.1 Å². The predicted molar refractivity (Wildman–Crippen MR) is 79.2 cm³/mol. The van der Waals surface area contributed by atoms with E-state index in [0.29, 0.717) is 23.7 Å². The maximum Gasteiger partial charge on any atom is 0.327 e. The molecule has 0 aliphatic heterocycles. The summed E-state index contributed by atoms with van der Waals surface area (Å²) in [6.45, 7) is 1.71. The number of nitrogens with one attached hydrogen (secondary N) is 1. The second kappa shape index (κ2) is 8.87. The minimum Gasteiger partial charge on any atom is -0.493 e. The van der Waals surface area contributed by atoms with Gasteiger partial charge in [-0.05, 0) is 24.3 Å². The first-order valence-electron chi connectivity index (χ1n) is 6.23. The number of rotatable bonds is 8. The number of nitrogens with zero attached hydrogens (tertiary/aromatic N) is 1. The molecule has 1 aromatic rings. The van der Waals surface area contributed by atoms with Crippen LogP contribution in [0.1, 0.15) is 12.5 Å². The number of thioether (sulfide) groups is 1. The Morgan fingerprint density at radius 3 is 2.62 bits per heavy atom. The molecule has 0 fully saturated rings. The fourth-order valence-corrected chi connectivity index (χ4v) is 2.29. The Kier molecular flexibility index (Phi) is 7.12. The topological polar surface area (TPSA) is 99.4 Å². The molecule has 1 unspecified atom stereocenters. The van der Waals surface area contributed by atoms with Crippen molar-refractivity contribution in [3.05, 3.63) is 29.8 Å². The Morgan fingerprint density at radius 1 is 1.43 bits per heavy atom. The standard InChI is InChI=1S/C14H16N2O4S/c1-10(17)16-13(14(18)19)9-21-7-6-20-12-4-2-11(8-15)3-5-12/h2-5,13H,6-7,9H2,1H3,(H,16,17)(H,18,19). The maximum absolute atomic E-state index is 10.9. The second-order valence-corrected chi connectivity index (χ2v) is 5.30. The molecule has 0 radical (unpaired) electrons. The van der Waals surface area contributed by atoms with Crippen molar-refractivity contribution < 1.29 is 19.4 Å². The van der Waals surface area contributed by atoms with Crippen LogP contribution in [0, 0.1) is 11.3 Å². The van der Waals surface area contributed by atoms with Crippen molar-refractivity contribution in [1.82, 2.24) is 5.32 Å². The minimum absolute atomic E-state index is 0.283. The SMILES string of the molecule is CC(=O)NC(CSCCOc1ccc(C#N)cc1)C(=O)O. The lowest BCUT2D eigenvalue weighted by atomic mass is 10.2. The summed E-state index contributed by atoms with van der Waals surface area (Å²) in [6.07, 6.45) is 0. The summed E-state index contributed by atoms with van der Waals surface area (Å²) in [5.41, 5.74) is 0.566. The molecule has 0 saturated carbocycles. The Hall–Kier alpha value is -2.20. The molecule has 1 rings (SSSR count). The molecule has 1 amide bonds. The lowest BCUT2D eigenvalue weighted by Gasteiger charge is -2.12. The first-order valence-corrected chi connectivity index (χ1v) is 7.39. The lowest BCUT2D eigenvalue weighted by molar-refractivity contribution is -0.140. The summed E-state index contributed by atoms with van der Waals surface area (Å²) in [6, 6.07) is 7.88. The van der Waals surface area contributed by atoms with Crippen molar-refractivity contribution in [2.45, 2.75) is 13.0 Å². The fraction of sp³-hybridized carbons (Fsp3) is 0.357. The van der Waals surface area contributed by atoms with Crippen molar-refractivity contribution >= 4 is 23.6 Å². The molecule has 2 N–H and O–H groups in total. The number of amides is 1. The molecule has 0 saturated heterocycles. The number of carboxylic acids is 1. The number of hydrogen-bond acceptors (Lipinski definition) is 5. The summed E-state index contributed by atoms with van der Waals surface area (Å²) in [4.78, 5) is 21.7. The summed E-state index contributed by atoms with van der Waals surface area (Å²) < 4.78 is 5.46. The van der Waals surface area contributed by atoms with E-state index in [0.717, 1.165) is 0 Å². The predicted octanol–water partition coefficient (Wildman–Crippen LogP) is 1.26. The molecule has 1 aromatic carbocycles. The molecule has 112 valence electrons. The monoisotopic (exact) mass is 308 g/mol. The van der Waals surface area contributed by atoms with Gasteiger partial charge in [-0.25, -0.2) is 4.79 Å². The smallest absolute Gasteiger partial charge is 0.327 e. The Bertz CT molecular complexity index is 525. The number of ether oxygens (including phenoxy) is 1. The van der Waals surface area contributed by atoms with E-state index in [2.05, 4.69) is 5.32 Å². The van der Waals surface area contributed by atoms with E-state index in [1.54, 1.807) is 24.3 Å². The number of carbonyl (C=O) groups is 2. The van der Waals surface area contributed by atoms with E-state index < -0.39 is 12.0 Å². The van der Waals surface area contributed by atoms with Crippen LogP contribution >= 0.6 is 11.8 Å². The quantitative estimate of drug-likeness (QED) is 0.701. The van der Waals surface area contributed by atoms with Gasteiger partial charge in [0, 0.05) is 18.4 Å². The van der Waals surface area contributed by atoms with Crippen LogP contribution in [0.5, 0.6) is 5.75 Å². The third-order valence-electron chi connectivity index (χ3n) is 2.44. The molecular formula is C14H16N2O4S. The fourth-order valence-electron chi connectivity index (χ4n) is 1.47. The van der Waals surface area contributed by atoms with Crippen molar-refractivity contribution in [2.75, 3.05) is 18.1 Å². The lowest BCUT2D eigenvalue weighted by Crippen LogP contribution is -2.41. The van der Waals surface area contributed by atoms with Gasteiger partial charge in [-0.2, -0.15) is 17.0 Å². The Labute approximate surface area is 127 Å². The molecule has 7 heteroatoms. The first-order chi connectivity index (χ1) is 10.0. The van der Waals surface area contributed by atoms with E-state index in [4.69, 9.17) is 15.1 Å². The van der Waals surface area contributed by atoms with Gasteiger partial charge in [0.1, 0.15) is 11.8 Å². The average molecular weight is 308 g/mol. The van der Waals surface area contributed by atoms with E-state index in [1.807, 2.05) is 6.07 Å². The molecule has 21 heavy (non-hydrogen) atoms. The molecule has 0 aliphatic rings. The van der Waals surface area contributed by atoms with Gasteiger partial charge >= 0.3 is 5.97 Å². The van der Waals surface area contributed by atoms with Crippen LogP contribution in [0.4, 0.5) is 0 Å². The first kappa shape index (κ1) is 16.9. The molecule has 0 heterocycles. The van der Waals surface area contributed by atoms with Gasteiger partial charge in [-0.1, -0.05) is 0 Å². The highest BCUT2D eigenvalue weighted by atomic mass is 32.2. The van der Waals surface area contributed by atoms with E-state index in [1.165, 1.54) is 18.7 Å². The third kappa shape index (κ3) is 6.68. The zero-order valence-corrected chi connectivity index (χ0v) is 12.4. The zero-order chi connectivity index (χ0) is 15.7. The van der Waals surface area contributed by atoms with E-state index in [9.17, 15) is 9.59 Å². The third-order valence-corrected chi connectivity index (χ3v) is 3.46. The van der Waals surface area contributed by atoms with Crippen molar-refractivity contribution in [3.63, 3.8) is 0 Å². The van der Waals surface area contributed by atoms with Gasteiger partial charge in [-0.3, -0.25) is 4.79 Å². The van der Waals surface area contributed by atoms with Gasteiger partial charge in [-0.15, -0.1) is 0 Å². The average Bonchev–Trinajstić information content (AvgIpc) is 2.45. The van der Waals surface area contributed by atoms with Crippen LogP contribution in [0.15, 0.2) is 24.3 Å². The molecule has 0 aromatic heterocycles. The van der Waals surface area contributed by atoms with Gasteiger partial charge in [0.25, 0.3) is 0 Å². The van der Waals surface area contributed by atoms with Gasteiger partial charge in [0.05, 0.1) is 18.2 Å². The van der Waals surface area contributed by atoms with E-state index >= 15 is 0 Å². The normalized spacial score (nSPS) is 11.2. The molecule has 6 nitrogen and oxygen atoms in total. The molecule has 1 atom stereocenters. The Morgan fingerprint density at radius 2 is 2.10 bits per heavy atom. The van der Waals surface area contributed by atoms with Crippen LogP contribution in [0.2, 0.25) is 0 Å². The Balaban J connectivity index is 2.25. The maximum atomic E-state index is 10.9. The van der Waals surface area contributed by atoms with Crippen LogP contribution in [0.25, 0.3) is 0 Å². The summed E-state index contributed by atoms with van der Waals surface area (Å²) in [7, 11) is 0. The number of nitriles is 1. The van der Waals surface area contributed by atoms with Crippen molar-refractivity contribution in [1.29, 1.82) is 5.26 Å². The largest absolute Gasteiger partial charge is 0.493 e. The van der Waals surface area contributed by atoms with E-state index in [-0.39, 0.29) is 11.7 Å². The summed E-state index contributed by atoms with van der Waals surface area (Å²) in [5, 5.41) is 20.0. The minimum atomic E-state index is -1.05. The van der Waals surface area contributed by atoms with Gasteiger partial charge in [0.15, 0.2) is 0 Å².